The summed E-state index contributed by atoms with van der Waals surface area (Å²) in [6, 6.07) is 11.3. The summed E-state index contributed by atoms with van der Waals surface area (Å²) in [4.78, 5) is 22.5. The molecular weight excluding hydrogens is 336 g/mol. The van der Waals surface area contributed by atoms with E-state index in [1.807, 2.05) is 32.0 Å². The van der Waals surface area contributed by atoms with Gasteiger partial charge in [-0.15, -0.1) is 5.10 Å². The molecule has 9 heteroatoms. The number of nitrogens with one attached hydrogen (secondary N) is 1. The maximum Gasteiger partial charge on any atom is 0.270 e. The number of nitrogens with zero attached hydrogens (tertiary/aromatic N) is 5. The van der Waals surface area contributed by atoms with Crippen molar-refractivity contribution in [3.05, 3.63) is 75.1 Å². The number of non-ortho nitro benzene ring substituents is 1. The molecule has 0 aliphatic heterocycles. The topological polar surface area (TPSA) is 116 Å². The van der Waals surface area contributed by atoms with E-state index in [0.29, 0.717) is 5.82 Å². The van der Waals surface area contributed by atoms with Gasteiger partial charge < -0.3 is 5.32 Å². The van der Waals surface area contributed by atoms with Crippen LogP contribution in [0.5, 0.6) is 0 Å². The lowest BCUT2D eigenvalue weighted by atomic mass is 10.1. The molecular formula is C17H16N6O3. The first-order chi connectivity index (χ1) is 12.5. The minimum absolute atomic E-state index is 0.0848. The molecule has 0 aliphatic carbocycles. The second-order valence-electron chi connectivity index (χ2n) is 5.77. The van der Waals surface area contributed by atoms with E-state index in [0.717, 1.165) is 16.8 Å². The van der Waals surface area contributed by atoms with Gasteiger partial charge in [-0.3, -0.25) is 14.9 Å². The van der Waals surface area contributed by atoms with Crippen LogP contribution in [0.1, 0.15) is 27.3 Å². The molecule has 3 aromatic rings. The quantitative estimate of drug-likeness (QED) is 0.555. The average molecular weight is 352 g/mol. The van der Waals surface area contributed by atoms with Crippen LogP contribution in [0.3, 0.4) is 0 Å². The number of hydrogen-bond donors (Lipinski definition) is 1. The lowest BCUT2D eigenvalue weighted by Crippen LogP contribution is -2.24. The molecule has 1 aromatic heterocycles. The molecule has 0 spiro atoms. The number of carbonyl (C=O) groups excluding carboxylic acids is 1. The fraction of sp³-hybridized carbons (Fsp3) is 0.176. The average Bonchev–Trinajstić information content (AvgIpc) is 3.10. The number of nitro groups is 1. The molecule has 3 rings (SSSR count). The van der Waals surface area contributed by atoms with Gasteiger partial charge in [0, 0.05) is 17.7 Å². The van der Waals surface area contributed by atoms with Crippen LogP contribution in [-0.4, -0.2) is 31.0 Å². The van der Waals surface area contributed by atoms with Crippen LogP contribution in [0.2, 0.25) is 0 Å². The number of aromatic nitrogens is 4. The van der Waals surface area contributed by atoms with Crippen molar-refractivity contribution in [2.75, 3.05) is 0 Å². The van der Waals surface area contributed by atoms with Gasteiger partial charge in [0.25, 0.3) is 11.6 Å². The van der Waals surface area contributed by atoms with Crippen molar-refractivity contribution in [1.29, 1.82) is 0 Å². The van der Waals surface area contributed by atoms with Crippen LogP contribution in [-0.2, 0) is 6.54 Å². The number of nitro benzene ring substituents is 1. The van der Waals surface area contributed by atoms with E-state index in [1.54, 1.807) is 4.68 Å². The summed E-state index contributed by atoms with van der Waals surface area (Å²) >= 11 is 0. The Balaban J connectivity index is 1.76. The van der Waals surface area contributed by atoms with E-state index >= 15 is 0 Å². The summed E-state index contributed by atoms with van der Waals surface area (Å²) in [5.74, 6) is 0.00960. The van der Waals surface area contributed by atoms with Gasteiger partial charge in [-0.25, -0.2) is 0 Å². The standard InChI is InChI=1S/C17H16N6O3/c1-11-6-7-14(8-12(11)2)22-16(19-20-21-22)10-18-17(24)13-4-3-5-15(9-13)23(25)26/h3-9H,10H2,1-2H3,(H,18,24). The van der Waals surface area contributed by atoms with Crippen LogP contribution in [0, 0.1) is 24.0 Å². The van der Waals surface area contributed by atoms with Gasteiger partial charge >= 0.3 is 0 Å². The molecule has 0 saturated carbocycles. The summed E-state index contributed by atoms with van der Waals surface area (Å²) < 4.78 is 1.54. The van der Waals surface area contributed by atoms with Gasteiger partial charge in [-0.05, 0) is 53.6 Å². The Hall–Kier alpha value is -3.62. The Kier molecular flexibility index (Phi) is 4.70. The Bertz CT molecular complexity index is 982. The fourth-order valence-corrected chi connectivity index (χ4v) is 2.40. The highest BCUT2D eigenvalue weighted by molar-refractivity contribution is 5.94. The Morgan fingerprint density at radius 2 is 2.00 bits per heavy atom. The number of tetrazole rings is 1. The molecule has 9 nitrogen and oxygen atoms in total. The van der Waals surface area contributed by atoms with Gasteiger partial charge in [0.2, 0.25) is 0 Å². The summed E-state index contributed by atoms with van der Waals surface area (Å²) in [5.41, 5.74) is 3.10. The van der Waals surface area contributed by atoms with E-state index in [1.165, 1.54) is 24.3 Å². The molecule has 0 unspecified atom stereocenters. The van der Waals surface area contributed by atoms with Crippen LogP contribution < -0.4 is 5.32 Å². The molecule has 1 N–H and O–H groups in total. The van der Waals surface area contributed by atoms with Crippen LogP contribution >= 0.6 is 0 Å². The van der Waals surface area contributed by atoms with Crippen molar-refractivity contribution in [2.45, 2.75) is 20.4 Å². The first kappa shape index (κ1) is 17.2. The summed E-state index contributed by atoms with van der Waals surface area (Å²) in [5, 5.41) is 25.1. The van der Waals surface area contributed by atoms with E-state index in [2.05, 4.69) is 20.8 Å². The molecule has 0 bridgehead atoms. The molecule has 0 fully saturated rings. The lowest BCUT2D eigenvalue weighted by molar-refractivity contribution is -0.384. The van der Waals surface area contributed by atoms with Crippen molar-refractivity contribution < 1.29 is 9.72 Å². The van der Waals surface area contributed by atoms with E-state index in [4.69, 9.17) is 0 Å². The maximum atomic E-state index is 12.2. The second-order valence-corrected chi connectivity index (χ2v) is 5.77. The van der Waals surface area contributed by atoms with Crippen molar-refractivity contribution >= 4 is 11.6 Å². The Morgan fingerprint density at radius 3 is 2.73 bits per heavy atom. The number of aryl methyl sites for hydroxylation is 2. The number of benzene rings is 2. The zero-order chi connectivity index (χ0) is 18.7. The molecule has 1 amide bonds. The van der Waals surface area contributed by atoms with Crippen molar-refractivity contribution in [3.63, 3.8) is 0 Å². The monoisotopic (exact) mass is 352 g/mol. The Labute approximate surface area is 148 Å². The van der Waals surface area contributed by atoms with Crippen LogP contribution in [0.25, 0.3) is 5.69 Å². The van der Waals surface area contributed by atoms with Gasteiger partial charge in [0.15, 0.2) is 5.82 Å². The number of amides is 1. The molecule has 0 atom stereocenters. The van der Waals surface area contributed by atoms with E-state index in [9.17, 15) is 14.9 Å². The zero-order valence-electron chi connectivity index (χ0n) is 14.2. The third-order valence-corrected chi connectivity index (χ3v) is 4.00. The second kappa shape index (κ2) is 7.09. The van der Waals surface area contributed by atoms with Crippen molar-refractivity contribution in [1.82, 2.24) is 25.5 Å². The first-order valence-electron chi connectivity index (χ1n) is 7.83. The van der Waals surface area contributed by atoms with Crippen LogP contribution in [0.15, 0.2) is 42.5 Å². The first-order valence-corrected chi connectivity index (χ1v) is 7.83. The predicted octanol–water partition coefficient (Wildman–Crippen LogP) is 2.12. The molecule has 132 valence electrons. The van der Waals surface area contributed by atoms with Gasteiger partial charge in [0.1, 0.15) is 0 Å². The summed E-state index contributed by atoms with van der Waals surface area (Å²) in [6.45, 7) is 4.09. The smallest absolute Gasteiger partial charge is 0.270 e. The Morgan fingerprint density at radius 1 is 1.19 bits per heavy atom. The fourth-order valence-electron chi connectivity index (χ4n) is 2.40. The van der Waals surface area contributed by atoms with Gasteiger partial charge in [0.05, 0.1) is 17.2 Å². The third kappa shape index (κ3) is 3.56. The molecule has 0 radical (unpaired) electrons. The normalized spacial score (nSPS) is 10.5. The lowest BCUT2D eigenvalue weighted by Gasteiger charge is -2.08. The molecule has 1 heterocycles. The molecule has 2 aromatic carbocycles. The molecule has 26 heavy (non-hydrogen) atoms. The maximum absolute atomic E-state index is 12.2. The summed E-state index contributed by atoms with van der Waals surface area (Å²) in [6.07, 6.45) is 0. The highest BCUT2D eigenvalue weighted by atomic mass is 16.6. The number of carbonyl (C=O) groups is 1. The minimum Gasteiger partial charge on any atom is -0.345 e. The zero-order valence-corrected chi connectivity index (χ0v) is 14.2. The van der Waals surface area contributed by atoms with Crippen molar-refractivity contribution in [2.24, 2.45) is 0 Å². The largest absolute Gasteiger partial charge is 0.345 e. The van der Waals surface area contributed by atoms with Crippen molar-refractivity contribution in [3.8, 4) is 5.69 Å². The van der Waals surface area contributed by atoms with Gasteiger partial charge in [-0.1, -0.05) is 12.1 Å². The highest BCUT2D eigenvalue weighted by Crippen LogP contribution is 2.15. The SMILES string of the molecule is Cc1ccc(-n2nnnc2CNC(=O)c2cccc([N+](=O)[O-])c2)cc1C. The minimum atomic E-state index is -0.545. The predicted molar refractivity (Wildman–Crippen MR) is 92.9 cm³/mol. The summed E-state index contributed by atoms with van der Waals surface area (Å²) in [7, 11) is 0. The number of rotatable bonds is 5. The van der Waals surface area contributed by atoms with E-state index < -0.39 is 10.8 Å². The van der Waals surface area contributed by atoms with Crippen LogP contribution in [0.4, 0.5) is 5.69 Å². The third-order valence-electron chi connectivity index (χ3n) is 4.00. The van der Waals surface area contributed by atoms with Gasteiger partial charge in [-0.2, -0.15) is 4.68 Å². The molecule has 0 saturated heterocycles. The molecule has 0 aliphatic rings. The number of hydrogen-bond acceptors (Lipinski definition) is 6. The van der Waals surface area contributed by atoms with E-state index in [-0.39, 0.29) is 17.8 Å². The highest BCUT2D eigenvalue weighted by Gasteiger charge is 2.14.